The zero-order valence-electron chi connectivity index (χ0n) is 20.1. The SMILES string of the molecule is Cc1ccccc1OC[C@@H]1c2ccsc2CCN1C(=O)CN(C(=O)c1ccc2c(c1)OCO2)C1CC1. The monoisotopic (exact) mass is 504 g/mol. The van der Waals surface area contributed by atoms with Gasteiger partial charge in [-0.1, -0.05) is 18.2 Å². The van der Waals surface area contributed by atoms with Crippen LogP contribution >= 0.6 is 11.3 Å². The number of hydrogen-bond donors (Lipinski definition) is 0. The number of rotatable bonds is 7. The van der Waals surface area contributed by atoms with Crippen molar-refractivity contribution in [1.82, 2.24) is 9.80 Å². The molecule has 2 amide bonds. The quantitative estimate of drug-likeness (QED) is 0.471. The molecule has 2 aromatic carbocycles. The number of amides is 2. The lowest BCUT2D eigenvalue weighted by Gasteiger charge is -2.37. The van der Waals surface area contributed by atoms with Crippen LogP contribution in [0.4, 0.5) is 0 Å². The zero-order valence-corrected chi connectivity index (χ0v) is 21.0. The second-order valence-electron chi connectivity index (χ2n) is 9.46. The molecule has 0 unspecified atom stereocenters. The Labute approximate surface area is 214 Å². The number of fused-ring (bicyclic) bond motifs is 2. The van der Waals surface area contributed by atoms with Gasteiger partial charge in [0.15, 0.2) is 11.5 Å². The number of carbonyl (C=O) groups is 2. The highest BCUT2D eigenvalue weighted by Crippen LogP contribution is 2.36. The second-order valence-corrected chi connectivity index (χ2v) is 10.5. The number of nitrogens with zero attached hydrogens (tertiary/aromatic N) is 2. The van der Waals surface area contributed by atoms with Crippen LogP contribution in [-0.2, 0) is 11.2 Å². The molecule has 8 heteroatoms. The Morgan fingerprint density at radius 1 is 1.11 bits per heavy atom. The highest BCUT2D eigenvalue weighted by molar-refractivity contribution is 7.10. The molecule has 3 aromatic rings. The van der Waals surface area contributed by atoms with Crippen LogP contribution in [0.2, 0.25) is 0 Å². The van der Waals surface area contributed by atoms with Crippen molar-refractivity contribution in [2.24, 2.45) is 0 Å². The normalized spacial score (nSPS) is 18.0. The van der Waals surface area contributed by atoms with Crippen LogP contribution in [0.5, 0.6) is 17.2 Å². The van der Waals surface area contributed by atoms with Gasteiger partial charge >= 0.3 is 0 Å². The van der Waals surface area contributed by atoms with E-state index in [0.717, 1.165) is 36.1 Å². The van der Waals surface area contributed by atoms with Crippen molar-refractivity contribution in [2.45, 2.75) is 38.3 Å². The molecular weight excluding hydrogens is 476 g/mol. The molecule has 1 fully saturated rings. The summed E-state index contributed by atoms with van der Waals surface area (Å²) in [6.07, 6.45) is 2.65. The summed E-state index contributed by atoms with van der Waals surface area (Å²) < 4.78 is 17.0. The average Bonchev–Trinajstić information content (AvgIpc) is 3.42. The van der Waals surface area contributed by atoms with Gasteiger partial charge in [-0.15, -0.1) is 11.3 Å². The van der Waals surface area contributed by atoms with Gasteiger partial charge in [-0.05, 0) is 73.0 Å². The zero-order chi connectivity index (χ0) is 24.6. The van der Waals surface area contributed by atoms with Crippen molar-refractivity contribution in [3.63, 3.8) is 0 Å². The standard InChI is InChI=1S/C28H28N2O5S/c1-18-4-2-3-5-23(18)33-16-22-21-11-13-36-26(21)10-12-29(22)27(31)15-30(20-7-8-20)28(32)19-6-9-24-25(14-19)35-17-34-24/h2-6,9,11,13-14,20,22H,7-8,10,12,15-17H2,1H3/t22-/m1/s1. The van der Waals surface area contributed by atoms with Gasteiger partial charge in [0.25, 0.3) is 5.91 Å². The number of benzene rings is 2. The van der Waals surface area contributed by atoms with Crippen molar-refractivity contribution in [3.8, 4) is 17.2 Å². The first-order chi connectivity index (χ1) is 17.6. The Balaban J connectivity index is 1.21. The summed E-state index contributed by atoms with van der Waals surface area (Å²) in [5.41, 5.74) is 2.72. The molecule has 0 N–H and O–H groups in total. The van der Waals surface area contributed by atoms with E-state index in [1.165, 1.54) is 4.88 Å². The minimum Gasteiger partial charge on any atom is -0.491 e. The molecule has 0 bridgehead atoms. The van der Waals surface area contributed by atoms with E-state index >= 15 is 0 Å². The van der Waals surface area contributed by atoms with Crippen molar-refractivity contribution < 1.29 is 23.8 Å². The van der Waals surface area contributed by atoms with Gasteiger partial charge in [0.05, 0.1) is 6.04 Å². The molecule has 3 heterocycles. The molecule has 1 aliphatic carbocycles. The van der Waals surface area contributed by atoms with Gasteiger partial charge in [0, 0.05) is 23.0 Å². The molecule has 0 saturated heterocycles. The first-order valence-electron chi connectivity index (χ1n) is 12.3. The number of aryl methyl sites for hydroxylation is 1. The van der Waals surface area contributed by atoms with Gasteiger partial charge in [-0.2, -0.15) is 0 Å². The average molecular weight is 505 g/mol. The minimum atomic E-state index is -0.186. The van der Waals surface area contributed by atoms with E-state index in [1.807, 2.05) is 36.1 Å². The first kappa shape index (κ1) is 22.9. The fraction of sp³-hybridized carbons (Fsp3) is 0.357. The number of carbonyl (C=O) groups excluding carboxylic acids is 2. The smallest absolute Gasteiger partial charge is 0.254 e. The number of thiophene rings is 1. The molecule has 1 saturated carbocycles. The van der Waals surface area contributed by atoms with Crippen molar-refractivity contribution in [3.05, 3.63) is 75.5 Å². The summed E-state index contributed by atoms with van der Waals surface area (Å²) in [6, 6.07) is 15.1. The van der Waals surface area contributed by atoms with E-state index in [2.05, 4.69) is 11.4 Å². The predicted octanol–water partition coefficient (Wildman–Crippen LogP) is 4.59. The van der Waals surface area contributed by atoms with Crippen LogP contribution in [0, 0.1) is 6.92 Å². The fourth-order valence-corrected chi connectivity index (χ4v) is 5.87. The van der Waals surface area contributed by atoms with E-state index < -0.39 is 0 Å². The maximum absolute atomic E-state index is 13.7. The van der Waals surface area contributed by atoms with Gasteiger partial charge in [-0.25, -0.2) is 0 Å². The molecule has 0 radical (unpaired) electrons. The molecule has 7 nitrogen and oxygen atoms in total. The van der Waals surface area contributed by atoms with E-state index in [4.69, 9.17) is 14.2 Å². The lowest BCUT2D eigenvalue weighted by atomic mass is 10.00. The molecule has 0 spiro atoms. The molecule has 2 aliphatic heterocycles. The third-order valence-corrected chi connectivity index (χ3v) is 8.08. The van der Waals surface area contributed by atoms with E-state index in [-0.39, 0.29) is 37.2 Å². The van der Waals surface area contributed by atoms with Crippen LogP contribution in [0.15, 0.2) is 53.9 Å². The highest BCUT2D eigenvalue weighted by atomic mass is 32.1. The van der Waals surface area contributed by atoms with Gasteiger partial charge < -0.3 is 24.0 Å². The Morgan fingerprint density at radius 2 is 1.94 bits per heavy atom. The number of ether oxygens (including phenoxy) is 3. The van der Waals surface area contributed by atoms with Crippen LogP contribution in [0.1, 0.15) is 45.2 Å². The van der Waals surface area contributed by atoms with Gasteiger partial charge in [0.2, 0.25) is 12.7 Å². The summed E-state index contributed by atoms with van der Waals surface area (Å²) >= 11 is 1.73. The summed E-state index contributed by atoms with van der Waals surface area (Å²) in [5.74, 6) is 1.83. The van der Waals surface area contributed by atoms with E-state index in [0.29, 0.717) is 30.2 Å². The predicted molar refractivity (Wildman–Crippen MR) is 136 cm³/mol. The maximum Gasteiger partial charge on any atom is 0.254 e. The molecule has 36 heavy (non-hydrogen) atoms. The lowest BCUT2D eigenvalue weighted by Crippen LogP contribution is -2.48. The van der Waals surface area contributed by atoms with Crippen LogP contribution < -0.4 is 14.2 Å². The Morgan fingerprint density at radius 3 is 2.78 bits per heavy atom. The largest absolute Gasteiger partial charge is 0.491 e. The molecule has 1 aromatic heterocycles. The van der Waals surface area contributed by atoms with Crippen LogP contribution in [0.3, 0.4) is 0 Å². The Hall–Kier alpha value is -3.52. The minimum absolute atomic E-state index is 0.0498. The van der Waals surface area contributed by atoms with Crippen molar-refractivity contribution in [1.29, 1.82) is 0 Å². The molecule has 3 aliphatic rings. The van der Waals surface area contributed by atoms with Gasteiger partial charge in [-0.3, -0.25) is 9.59 Å². The molecule has 186 valence electrons. The van der Waals surface area contributed by atoms with E-state index in [1.54, 1.807) is 34.4 Å². The first-order valence-corrected chi connectivity index (χ1v) is 13.2. The summed E-state index contributed by atoms with van der Waals surface area (Å²) in [6.45, 7) is 3.22. The van der Waals surface area contributed by atoms with Crippen molar-refractivity contribution >= 4 is 23.2 Å². The number of para-hydroxylation sites is 1. The Bertz CT molecular complexity index is 1300. The third-order valence-electron chi connectivity index (χ3n) is 7.08. The summed E-state index contributed by atoms with van der Waals surface area (Å²) in [4.78, 5) is 32.1. The second kappa shape index (κ2) is 9.50. The third kappa shape index (κ3) is 4.41. The van der Waals surface area contributed by atoms with Crippen molar-refractivity contribution in [2.75, 3.05) is 26.5 Å². The summed E-state index contributed by atoms with van der Waals surface area (Å²) in [5, 5.41) is 2.08. The van der Waals surface area contributed by atoms with E-state index in [9.17, 15) is 9.59 Å². The molecule has 1 atom stereocenters. The molecule has 6 rings (SSSR count). The van der Waals surface area contributed by atoms with Crippen LogP contribution in [0.25, 0.3) is 0 Å². The van der Waals surface area contributed by atoms with Crippen LogP contribution in [-0.4, -0.2) is 54.1 Å². The van der Waals surface area contributed by atoms with Gasteiger partial charge in [0.1, 0.15) is 18.9 Å². The molecular formula is C28H28N2O5S. The highest BCUT2D eigenvalue weighted by Gasteiger charge is 2.38. The number of hydrogen-bond acceptors (Lipinski definition) is 6. The topological polar surface area (TPSA) is 68.3 Å². The Kier molecular flexibility index (Phi) is 6.05. The fourth-order valence-electron chi connectivity index (χ4n) is 4.95. The summed E-state index contributed by atoms with van der Waals surface area (Å²) in [7, 11) is 0. The lowest BCUT2D eigenvalue weighted by molar-refractivity contribution is -0.135. The maximum atomic E-state index is 13.7.